The minimum absolute atomic E-state index is 0. The van der Waals surface area contributed by atoms with E-state index in [9.17, 15) is 0 Å². The molecular weight excluding hydrogens is 571 g/mol. The van der Waals surface area contributed by atoms with Gasteiger partial charge in [-0.15, -0.1) is 0 Å². The van der Waals surface area contributed by atoms with Crippen molar-refractivity contribution in [2.45, 2.75) is 20.8 Å². The van der Waals surface area contributed by atoms with Crippen LogP contribution in [0.5, 0.6) is 17.2 Å². The van der Waals surface area contributed by atoms with E-state index < -0.39 is 16.5 Å². The molecule has 0 aliphatic carbocycles. The first-order valence-electron chi connectivity index (χ1n) is 7.94. The fraction of sp³-hybridized carbons (Fsp3) is 0.143. The van der Waals surface area contributed by atoms with Gasteiger partial charge >= 0.3 is 35.3 Å². The number of phenols is 3. The first-order chi connectivity index (χ1) is 12.8. The summed E-state index contributed by atoms with van der Waals surface area (Å²) in [5.41, 5.74) is 3.51. The van der Waals surface area contributed by atoms with Crippen LogP contribution >= 0.6 is 18.8 Å². The molecule has 4 nitrogen and oxygen atoms in total. The van der Waals surface area contributed by atoms with Crippen LogP contribution in [0.1, 0.15) is 16.7 Å². The molecule has 0 amide bonds. The number of benzene rings is 3. The van der Waals surface area contributed by atoms with Crippen molar-refractivity contribution in [2.24, 2.45) is 0 Å². The van der Waals surface area contributed by atoms with Crippen LogP contribution in [0.4, 0.5) is 0 Å². The summed E-state index contributed by atoms with van der Waals surface area (Å²) in [5.74, 6) is 0.988. The number of hydrogen-bond donors (Lipinski definition) is 3. The number of phenolic OH excluding ortho intramolecular Hbond substituents is 3. The molecule has 0 saturated carbocycles. The average Bonchev–Trinajstić information content (AvgIpc) is 2.64. The Labute approximate surface area is 183 Å². The third-order valence-electron chi connectivity index (χ3n) is 3.10. The van der Waals surface area contributed by atoms with E-state index in [1.165, 1.54) is 16.7 Å². The second kappa shape index (κ2) is 17.4. The topological polar surface area (TPSA) is 92.2 Å². The molecule has 0 aliphatic rings. The van der Waals surface area contributed by atoms with Crippen molar-refractivity contribution < 1.29 is 37.3 Å². The Balaban J connectivity index is 0. The summed E-state index contributed by atoms with van der Waals surface area (Å²) in [5, 5.41) is 26.3. The maximum atomic E-state index is 8.76. The molecule has 154 valence electrons. The fourth-order valence-corrected chi connectivity index (χ4v) is 1.63. The zero-order valence-corrected chi connectivity index (χ0v) is 20.4. The van der Waals surface area contributed by atoms with Crippen molar-refractivity contribution >= 4 is 18.8 Å². The Morgan fingerprint density at radius 3 is 0.750 bits per heavy atom. The summed E-state index contributed by atoms with van der Waals surface area (Å²) in [6, 6.07) is 21.3. The molecule has 3 aromatic rings. The van der Waals surface area contributed by atoms with Crippen molar-refractivity contribution in [3.8, 4) is 17.2 Å². The molecule has 0 aromatic heterocycles. The van der Waals surface area contributed by atoms with E-state index in [0.29, 0.717) is 17.2 Å². The molecule has 0 aliphatic heterocycles. The van der Waals surface area contributed by atoms with Gasteiger partial charge in [0.05, 0.1) is 0 Å². The first kappa shape index (κ1) is 28.5. The van der Waals surface area contributed by atoms with E-state index in [4.69, 9.17) is 34.2 Å². The molecule has 0 bridgehead atoms. The van der Waals surface area contributed by atoms with Gasteiger partial charge < -0.3 is 20.8 Å². The number of rotatable bonds is 0. The van der Waals surface area contributed by atoms with Crippen molar-refractivity contribution in [1.82, 2.24) is 0 Å². The molecule has 0 saturated heterocycles. The fourth-order valence-electron chi connectivity index (χ4n) is 1.63. The summed E-state index contributed by atoms with van der Waals surface area (Å²) in [6.45, 7) is 5.96. The normalized spacial score (nSPS) is 8.46. The van der Waals surface area contributed by atoms with Gasteiger partial charge in [0.15, 0.2) is 0 Å². The Kier molecular flexibility index (Phi) is 17.7. The molecule has 3 rings (SSSR count). The standard InChI is InChI=1S/3C7H8O.2ClH.H2O.W/c3*1-6-2-4-7(8)5-3-6;;;;/h3*2-5,8H,1H3;2*1H;1H2;/q;;;;;;+2/p-2. The van der Waals surface area contributed by atoms with Crippen molar-refractivity contribution in [1.29, 1.82) is 0 Å². The van der Waals surface area contributed by atoms with Gasteiger partial charge in [0, 0.05) is 0 Å². The molecule has 0 unspecified atom stereocenters. The molecular formula is C21H26Cl2O4W. The predicted octanol–water partition coefficient (Wildman–Crippen LogP) is 5.65. The minimum atomic E-state index is -0.806. The second-order valence-electron chi connectivity index (χ2n) is 5.56. The van der Waals surface area contributed by atoms with Gasteiger partial charge in [-0.3, -0.25) is 0 Å². The molecule has 28 heavy (non-hydrogen) atoms. The second-order valence-corrected chi connectivity index (χ2v) is 9.80. The van der Waals surface area contributed by atoms with Crippen LogP contribution in [0, 0.1) is 20.8 Å². The number of aryl methyl sites for hydroxylation is 3. The zero-order chi connectivity index (χ0) is 20.7. The number of aromatic hydroxyl groups is 3. The maximum absolute atomic E-state index is 8.76. The van der Waals surface area contributed by atoms with E-state index in [-0.39, 0.29) is 5.48 Å². The molecule has 3 aromatic carbocycles. The molecule has 0 atom stereocenters. The number of halogens is 2. The van der Waals surface area contributed by atoms with Crippen LogP contribution in [-0.4, -0.2) is 20.8 Å². The van der Waals surface area contributed by atoms with Crippen molar-refractivity contribution in [3.63, 3.8) is 0 Å². The summed E-state index contributed by atoms with van der Waals surface area (Å²) < 4.78 is 0. The van der Waals surface area contributed by atoms with Crippen LogP contribution in [0.3, 0.4) is 0 Å². The average molecular weight is 597 g/mol. The van der Waals surface area contributed by atoms with Gasteiger partial charge in [-0.2, -0.15) is 0 Å². The summed E-state index contributed by atoms with van der Waals surface area (Å²) >= 11 is -0.806. The van der Waals surface area contributed by atoms with Crippen molar-refractivity contribution in [2.75, 3.05) is 0 Å². The van der Waals surface area contributed by atoms with Crippen molar-refractivity contribution in [3.05, 3.63) is 89.5 Å². The van der Waals surface area contributed by atoms with Crippen LogP contribution in [0.2, 0.25) is 0 Å². The van der Waals surface area contributed by atoms with Gasteiger partial charge in [-0.1, -0.05) is 53.1 Å². The van der Waals surface area contributed by atoms with Gasteiger partial charge in [-0.25, -0.2) is 0 Å². The molecule has 7 heteroatoms. The molecule has 0 spiro atoms. The third kappa shape index (κ3) is 16.5. The molecule has 0 heterocycles. The Hall–Kier alpha value is -1.71. The van der Waals surface area contributed by atoms with Gasteiger partial charge in [0.2, 0.25) is 0 Å². The van der Waals surface area contributed by atoms with Crippen LogP contribution in [-0.2, 0) is 16.5 Å². The predicted molar refractivity (Wildman–Crippen MR) is 114 cm³/mol. The molecule has 0 radical (unpaired) electrons. The van der Waals surface area contributed by atoms with Crippen LogP contribution in [0.25, 0.3) is 0 Å². The molecule has 5 N–H and O–H groups in total. The van der Waals surface area contributed by atoms with E-state index in [1.807, 2.05) is 57.2 Å². The van der Waals surface area contributed by atoms with Gasteiger partial charge in [0.25, 0.3) is 0 Å². The van der Waals surface area contributed by atoms with Crippen LogP contribution in [0.15, 0.2) is 72.8 Å². The summed E-state index contributed by atoms with van der Waals surface area (Å²) in [7, 11) is 9.86. The van der Waals surface area contributed by atoms with E-state index in [2.05, 4.69) is 0 Å². The quantitative estimate of drug-likeness (QED) is 0.313. The van der Waals surface area contributed by atoms with Gasteiger partial charge in [-0.05, 0) is 57.2 Å². The third-order valence-corrected chi connectivity index (χ3v) is 3.10. The van der Waals surface area contributed by atoms with E-state index >= 15 is 0 Å². The van der Waals surface area contributed by atoms with E-state index in [0.717, 1.165) is 0 Å². The van der Waals surface area contributed by atoms with Gasteiger partial charge in [0.1, 0.15) is 17.2 Å². The molecule has 0 fully saturated rings. The zero-order valence-electron chi connectivity index (χ0n) is 15.9. The summed E-state index contributed by atoms with van der Waals surface area (Å²) in [4.78, 5) is 0. The van der Waals surface area contributed by atoms with E-state index in [1.54, 1.807) is 36.4 Å². The Morgan fingerprint density at radius 2 is 0.643 bits per heavy atom. The number of hydrogen-bond acceptors (Lipinski definition) is 3. The Bertz CT molecular complexity index is 567. The monoisotopic (exact) mass is 596 g/mol. The first-order valence-corrected chi connectivity index (χ1v) is 15.2. The Morgan fingerprint density at radius 1 is 0.500 bits per heavy atom. The van der Waals surface area contributed by atoms with Crippen LogP contribution < -0.4 is 0 Å². The summed E-state index contributed by atoms with van der Waals surface area (Å²) in [6.07, 6.45) is 0. The SMILES string of the molecule is Cc1ccc(O)cc1.Cc1ccc(O)cc1.Cc1ccc(O)cc1.O.[Cl][W][Cl].